The van der Waals surface area contributed by atoms with E-state index in [1.54, 1.807) is 0 Å². The Balaban J connectivity index is 0.000000606. The molecule has 1 fully saturated rings. The lowest BCUT2D eigenvalue weighted by atomic mass is 9.62. The number of allylic oxidation sites excluding steroid dienone is 2. The molecule has 0 heterocycles. The van der Waals surface area contributed by atoms with Gasteiger partial charge in [0, 0.05) is 11.3 Å². The Bertz CT molecular complexity index is 293. The second-order valence-electron chi connectivity index (χ2n) is 5.20. The summed E-state index contributed by atoms with van der Waals surface area (Å²) in [5.74, 6) is 0.867. The zero-order valence-electron chi connectivity index (χ0n) is 10.4. The summed E-state index contributed by atoms with van der Waals surface area (Å²) in [5, 5.41) is 0. The highest BCUT2D eigenvalue weighted by molar-refractivity contribution is 5.87. The smallest absolute Gasteiger partial charge is 0.142 e. The molecule has 2 aliphatic carbocycles. The highest BCUT2D eigenvalue weighted by Gasteiger charge is 2.43. The van der Waals surface area contributed by atoms with Crippen molar-refractivity contribution in [3.8, 4) is 0 Å². The molecule has 0 aromatic heterocycles. The van der Waals surface area contributed by atoms with Gasteiger partial charge in [-0.05, 0) is 39.0 Å². The zero-order chi connectivity index (χ0) is 12.2. The molecule has 0 aliphatic heterocycles. The quantitative estimate of drug-likeness (QED) is 0.589. The van der Waals surface area contributed by atoms with E-state index in [2.05, 4.69) is 19.9 Å². The molecule has 0 N–H and O–H groups in total. The zero-order valence-corrected chi connectivity index (χ0v) is 10.4. The van der Waals surface area contributed by atoms with Gasteiger partial charge in [0.2, 0.25) is 0 Å². The summed E-state index contributed by atoms with van der Waals surface area (Å²) in [5.41, 5.74) is 1.48. The van der Waals surface area contributed by atoms with Crippen molar-refractivity contribution < 1.29 is 9.59 Å². The van der Waals surface area contributed by atoms with Crippen LogP contribution in [0.5, 0.6) is 0 Å². The first-order valence-corrected chi connectivity index (χ1v) is 6.13. The molecule has 0 amide bonds. The number of ketones is 1. The normalized spacial score (nSPS) is 34.0. The molecule has 2 nitrogen and oxygen atoms in total. The molecule has 0 radical (unpaired) electrons. The summed E-state index contributed by atoms with van der Waals surface area (Å²) >= 11 is 0. The predicted octanol–water partition coefficient (Wildman–Crippen LogP) is 3.31. The van der Waals surface area contributed by atoms with Crippen LogP contribution >= 0.6 is 0 Å². The largest absolute Gasteiger partial charge is 0.307 e. The molecule has 2 aliphatic rings. The van der Waals surface area contributed by atoms with Gasteiger partial charge in [-0.3, -0.25) is 4.79 Å². The van der Waals surface area contributed by atoms with E-state index in [1.807, 2.05) is 6.79 Å². The van der Waals surface area contributed by atoms with E-state index in [-0.39, 0.29) is 5.41 Å². The highest BCUT2D eigenvalue weighted by Crippen LogP contribution is 2.46. The van der Waals surface area contributed by atoms with Crippen LogP contribution in [0.15, 0.2) is 11.6 Å². The predicted molar refractivity (Wildman–Crippen MR) is 65.2 cm³/mol. The van der Waals surface area contributed by atoms with E-state index in [9.17, 15) is 4.79 Å². The first-order valence-electron chi connectivity index (χ1n) is 6.13. The van der Waals surface area contributed by atoms with Crippen LogP contribution < -0.4 is 0 Å². The molecule has 1 spiro atoms. The van der Waals surface area contributed by atoms with Gasteiger partial charge in [0.25, 0.3) is 0 Å². The highest BCUT2D eigenvalue weighted by atomic mass is 16.1. The lowest BCUT2D eigenvalue weighted by molar-refractivity contribution is -0.136. The molecule has 0 saturated heterocycles. The molecule has 1 saturated carbocycles. The van der Waals surface area contributed by atoms with Crippen molar-refractivity contribution in [1.82, 2.24) is 0 Å². The van der Waals surface area contributed by atoms with E-state index >= 15 is 0 Å². The minimum Gasteiger partial charge on any atom is -0.307 e. The maximum absolute atomic E-state index is 12.2. The Morgan fingerprint density at radius 1 is 1.38 bits per heavy atom. The minimum atomic E-state index is 0.0521. The molecular weight excluding hydrogens is 200 g/mol. The fourth-order valence-electron chi connectivity index (χ4n) is 3.24. The number of hydrogen-bond donors (Lipinski definition) is 0. The van der Waals surface area contributed by atoms with Gasteiger partial charge in [0.1, 0.15) is 12.6 Å². The molecule has 0 aromatic carbocycles. The number of carbonyl (C=O) groups is 2. The Labute approximate surface area is 98.1 Å². The summed E-state index contributed by atoms with van der Waals surface area (Å²) in [7, 11) is 0. The van der Waals surface area contributed by atoms with Crippen LogP contribution in [0, 0.1) is 11.3 Å². The molecule has 2 atom stereocenters. The molecular formula is C14H22O2. The fourth-order valence-corrected chi connectivity index (χ4v) is 3.24. The third-order valence-corrected chi connectivity index (χ3v) is 4.00. The SMILES string of the molecule is C=O.CC1=CCCC2(CCCC(C)C2=O)C1. The molecule has 2 rings (SSSR count). The van der Waals surface area contributed by atoms with Crippen molar-refractivity contribution in [3.05, 3.63) is 11.6 Å². The second-order valence-corrected chi connectivity index (χ2v) is 5.20. The maximum atomic E-state index is 12.2. The van der Waals surface area contributed by atoms with Crippen LogP contribution in [0.1, 0.15) is 52.4 Å². The van der Waals surface area contributed by atoms with E-state index in [0.717, 1.165) is 32.1 Å². The molecule has 0 aromatic rings. The average Bonchev–Trinajstić information content (AvgIpc) is 2.29. The van der Waals surface area contributed by atoms with Crippen LogP contribution in [0.2, 0.25) is 0 Å². The Hall–Kier alpha value is -0.920. The van der Waals surface area contributed by atoms with Crippen LogP contribution in [0.4, 0.5) is 0 Å². The summed E-state index contributed by atoms with van der Waals surface area (Å²) in [4.78, 5) is 20.2. The standard InChI is InChI=1S/C13H20O.CH2O/c1-10-5-3-7-13(9-10)8-4-6-11(2)12(13)14;1-2/h5,11H,3-4,6-9H2,1-2H3;1H2. The van der Waals surface area contributed by atoms with Crippen molar-refractivity contribution in [2.24, 2.45) is 11.3 Å². The van der Waals surface area contributed by atoms with Crippen molar-refractivity contribution in [2.45, 2.75) is 52.4 Å². The summed E-state index contributed by atoms with van der Waals surface area (Å²) in [6.45, 7) is 6.28. The van der Waals surface area contributed by atoms with Crippen molar-refractivity contribution in [1.29, 1.82) is 0 Å². The molecule has 2 unspecified atom stereocenters. The van der Waals surface area contributed by atoms with Crippen molar-refractivity contribution in [2.75, 3.05) is 0 Å². The fraction of sp³-hybridized carbons (Fsp3) is 0.714. The van der Waals surface area contributed by atoms with Crippen LogP contribution in [-0.2, 0) is 9.59 Å². The minimum absolute atomic E-state index is 0.0521. The Morgan fingerprint density at radius 3 is 2.69 bits per heavy atom. The van der Waals surface area contributed by atoms with Crippen LogP contribution in [0.25, 0.3) is 0 Å². The molecule has 2 heteroatoms. The number of rotatable bonds is 0. The summed E-state index contributed by atoms with van der Waals surface area (Å²) in [6, 6.07) is 0. The van der Waals surface area contributed by atoms with Gasteiger partial charge >= 0.3 is 0 Å². The molecule has 0 bridgehead atoms. The van der Waals surface area contributed by atoms with E-state index in [0.29, 0.717) is 11.7 Å². The average molecular weight is 222 g/mol. The maximum Gasteiger partial charge on any atom is 0.142 e. The lowest BCUT2D eigenvalue weighted by Crippen LogP contribution is -2.40. The van der Waals surface area contributed by atoms with E-state index in [4.69, 9.17) is 4.79 Å². The van der Waals surface area contributed by atoms with E-state index in [1.165, 1.54) is 12.0 Å². The van der Waals surface area contributed by atoms with Crippen molar-refractivity contribution in [3.63, 3.8) is 0 Å². The molecule has 16 heavy (non-hydrogen) atoms. The molecule has 90 valence electrons. The van der Waals surface area contributed by atoms with Crippen LogP contribution in [0.3, 0.4) is 0 Å². The summed E-state index contributed by atoms with van der Waals surface area (Å²) in [6.07, 6.45) is 9.07. The van der Waals surface area contributed by atoms with Gasteiger partial charge in [-0.15, -0.1) is 0 Å². The third kappa shape index (κ3) is 2.42. The number of Topliss-reactive ketones (excluding diaryl/α,β-unsaturated/α-hetero) is 1. The monoisotopic (exact) mass is 222 g/mol. The lowest BCUT2D eigenvalue weighted by Gasteiger charge is -2.40. The topological polar surface area (TPSA) is 34.1 Å². The van der Waals surface area contributed by atoms with E-state index < -0.39 is 0 Å². The Morgan fingerprint density at radius 2 is 2.06 bits per heavy atom. The van der Waals surface area contributed by atoms with Gasteiger partial charge in [0.05, 0.1) is 0 Å². The van der Waals surface area contributed by atoms with Gasteiger partial charge in [-0.1, -0.05) is 25.0 Å². The summed E-state index contributed by atoms with van der Waals surface area (Å²) < 4.78 is 0. The third-order valence-electron chi connectivity index (χ3n) is 4.00. The number of hydrogen-bond acceptors (Lipinski definition) is 2. The Kier molecular flexibility index (Phi) is 4.45. The van der Waals surface area contributed by atoms with Gasteiger partial charge in [-0.25, -0.2) is 0 Å². The first-order chi connectivity index (χ1) is 7.64. The first kappa shape index (κ1) is 13.1. The number of carbonyl (C=O) groups excluding carboxylic acids is 2. The second kappa shape index (κ2) is 5.42. The van der Waals surface area contributed by atoms with Crippen LogP contribution in [-0.4, -0.2) is 12.6 Å². The van der Waals surface area contributed by atoms with Gasteiger partial charge in [0.15, 0.2) is 0 Å². The van der Waals surface area contributed by atoms with Gasteiger partial charge < -0.3 is 4.79 Å². The van der Waals surface area contributed by atoms with Crippen molar-refractivity contribution >= 4 is 12.6 Å². The van der Waals surface area contributed by atoms with Gasteiger partial charge in [-0.2, -0.15) is 0 Å².